The van der Waals surface area contributed by atoms with Crippen molar-refractivity contribution < 1.29 is 18.8 Å². The molecule has 0 spiro atoms. The molecule has 2 bridgehead atoms. The molecule has 8 heteroatoms. The van der Waals surface area contributed by atoms with Crippen LogP contribution in [-0.4, -0.2) is 64.2 Å². The summed E-state index contributed by atoms with van der Waals surface area (Å²) in [6.07, 6.45) is 8.12. The van der Waals surface area contributed by atoms with Crippen LogP contribution in [0.25, 0.3) is 0 Å². The van der Waals surface area contributed by atoms with Crippen molar-refractivity contribution >= 4 is 17.7 Å². The predicted molar refractivity (Wildman–Crippen MR) is 98.0 cm³/mol. The first-order valence-corrected chi connectivity index (χ1v) is 10.4. The molecule has 1 aliphatic carbocycles. The van der Waals surface area contributed by atoms with Gasteiger partial charge in [0.05, 0.1) is 12.2 Å². The zero-order chi connectivity index (χ0) is 19.3. The van der Waals surface area contributed by atoms with Crippen LogP contribution in [0, 0.1) is 17.8 Å². The average molecular weight is 386 g/mol. The second-order valence-electron chi connectivity index (χ2n) is 8.68. The second-order valence-corrected chi connectivity index (χ2v) is 8.68. The molecule has 1 aromatic rings. The van der Waals surface area contributed by atoms with Crippen LogP contribution >= 0.6 is 0 Å². The standard InChI is InChI=1S/C20H26N4O4/c25-18-3-1-2-15-13-6-14(10-23(9-13)20(27)17-8-21-11-28-17)16(24(15)18)7-22-19(26)12-4-5-12/h8,11-16H,1-7,9-10H2,(H,22,26)/t13-,14+,15+,16+/m1/s1. The number of amides is 3. The third-order valence-electron chi connectivity index (χ3n) is 6.86. The van der Waals surface area contributed by atoms with Gasteiger partial charge in [0.2, 0.25) is 17.6 Å². The van der Waals surface area contributed by atoms with Gasteiger partial charge in [0, 0.05) is 38.0 Å². The van der Waals surface area contributed by atoms with E-state index in [9.17, 15) is 14.4 Å². The summed E-state index contributed by atoms with van der Waals surface area (Å²) >= 11 is 0. The highest BCUT2D eigenvalue weighted by molar-refractivity contribution is 5.91. The molecule has 3 saturated heterocycles. The molecule has 4 atom stereocenters. The fourth-order valence-corrected chi connectivity index (χ4v) is 5.38. The molecule has 4 aliphatic rings. The summed E-state index contributed by atoms with van der Waals surface area (Å²) in [5.74, 6) is 1.03. The van der Waals surface area contributed by atoms with Crippen molar-refractivity contribution in [2.75, 3.05) is 19.6 Å². The molecule has 4 heterocycles. The quantitative estimate of drug-likeness (QED) is 0.834. The fraction of sp³-hybridized carbons (Fsp3) is 0.700. The van der Waals surface area contributed by atoms with Gasteiger partial charge in [0.1, 0.15) is 0 Å². The number of nitrogens with zero attached hydrogens (tertiary/aromatic N) is 3. The van der Waals surface area contributed by atoms with E-state index in [2.05, 4.69) is 15.2 Å². The summed E-state index contributed by atoms with van der Waals surface area (Å²) in [7, 11) is 0. The summed E-state index contributed by atoms with van der Waals surface area (Å²) in [6, 6.07) is 0.118. The highest BCUT2D eigenvalue weighted by Crippen LogP contribution is 2.41. The van der Waals surface area contributed by atoms with Crippen molar-refractivity contribution in [2.24, 2.45) is 17.8 Å². The van der Waals surface area contributed by atoms with E-state index in [1.54, 1.807) is 0 Å². The van der Waals surface area contributed by atoms with E-state index in [1.807, 2.05) is 4.90 Å². The Morgan fingerprint density at radius 1 is 1.21 bits per heavy atom. The normalized spacial score (nSPS) is 32.1. The lowest BCUT2D eigenvalue weighted by molar-refractivity contribution is -0.152. The van der Waals surface area contributed by atoms with Crippen LogP contribution in [0.1, 0.15) is 49.1 Å². The average Bonchev–Trinajstić information content (AvgIpc) is 3.42. The number of nitrogens with one attached hydrogen (secondary N) is 1. The van der Waals surface area contributed by atoms with Gasteiger partial charge >= 0.3 is 0 Å². The number of piperidine rings is 3. The largest absolute Gasteiger partial charge is 0.438 e. The van der Waals surface area contributed by atoms with Gasteiger partial charge in [-0.15, -0.1) is 0 Å². The molecule has 5 rings (SSSR count). The lowest BCUT2D eigenvalue weighted by atomic mass is 9.72. The Morgan fingerprint density at radius 2 is 2.04 bits per heavy atom. The minimum Gasteiger partial charge on any atom is -0.438 e. The van der Waals surface area contributed by atoms with Crippen LogP contribution in [0.5, 0.6) is 0 Å². The third kappa shape index (κ3) is 3.08. The van der Waals surface area contributed by atoms with E-state index in [1.165, 1.54) is 12.6 Å². The van der Waals surface area contributed by atoms with Crippen molar-refractivity contribution in [3.63, 3.8) is 0 Å². The van der Waals surface area contributed by atoms with E-state index >= 15 is 0 Å². The van der Waals surface area contributed by atoms with Gasteiger partial charge in [-0.25, -0.2) is 4.98 Å². The Labute approximate surface area is 163 Å². The summed E-state index contributed by atoms with van der Waals surface area (Å²) in [5.41, 5.74) is 0. The molecule has 0 radical (unpaired) electrons. The van der Waals surface area contributed by atoms with Gasteiger partial charge in [-0.2, -0.15) is 0 Å². The molecular weight excluding hydrogens is 360 g/mol. The maximum absolute atomic E-state index is 12.8. The van der Waals surface area contributed by atoms with Gasteiger partial charge in [0.15, 0.2) is 6.39 Å². The minimum absolute atomic E-state index is 0.0397. The number of fused-ring (bicyclic) bond motifs is 4. The molecular formula is C20H26N4O4. The van der Waals surface area contributed by atoms with Crippen LogP contribution in [0.3, 0.4) is 0 Å². The van der Waals surface area contributed by atoms with Crippen molar-refractivity contribution in [2.45, 2.75) is 50.6 Å². The Morgan fingerprint density at radius 3 is 2.79 bits per heavy atom. The molecule has 28 heavy (non-hydrogen) atoms. The van der Waals surface area contributed by atoms with Gasteiger partial charge in [-0.1, -0.05) is 0 Å². The first-order valence-electron chi connectivity index (χ1n) is 10.4. The summed E-state index contributed by atoms with van der Waals surface area (Å²) in [5, 5.41) is 3.08. The summed E-state index contributed by atoms with van der Waals surface area (Å²) in [4.78, 5) is 45.6. The highest BCUT2D eigenvalue weighted by atomic mass is 16.3. The second kappa shape index (κ2) is 6.90. The van der Waals surface area contributed by atoms with E-state index in [0.29, 0.717) is 26.1 Å². The van der Waals surface area contributed by atoms with Crippen molar-refractivity contribution in [1.82, 2.24) is 20.1 Å². The van der Waals surface area contributed by atoms with Crippen LogP contribution in [0.4, 0.5) is 0 Å². The van der Waals surface area contributed by atoms with E-state index in [4.69, 9.17) is 4.42 Å². The van der Waals surface area contributed by atoms with Gasteiger partial charge in [-0.3, -0.25) is 14.4 Å². The SMILES string of the molecule is O=C(NC[C@H]1[C@H]2C[C@H](CN(C(=O)c3cnco3)C2)[C@@H]2CCCC(=O)N21)C1CC1. The highest BCUT2D eigenvalue weighted by Gasteiger charge is 2.50. The molecule has 1 N–H and O–H groups in total. The molecule has 1 saturated carbocycles. The maximum atomic E-state index is 12.8. The number of hydrogen-bond donors (Lipinski definition) is 1. The molecule has 1 aromatic heterocycles. The molecule has 4 fully saturated rings. The smallest absolute Gasteiger partial charge is 0.291 e. The topological polar surface area (TPSA) is 95.7 Å². The summed E-state index contributed by atoms with van der Waals surface area (Å²) < 4.78 is 5.21. The van der Waals surface area contributed by atoms with Gasteiger partial charge in [0.25, 0.3) is 5.91 Å². The number of aromatic nitrogens is 1. The fourth-order valence-electron chi connectivity index (χ4n) is 5.38. The van der Waals surface area contributed by atoms with E-state index in [-0.39, 0.29) is 53.3 Å². The van der Waals surface area contributed by atoms with Crippen molar-refractivity contribution in [1.29, 1.82) is 0 Å². The Kier molecular flexibility index (Phi) is 4.36. The summed E-state index contributed by atoms with van der Waals surface area (Å²) in [6.45, 7) is 1.71. The molecule has 3 amide bonds. The van der Waals surface area contributed by atoms with Crippen LogP contribution < -0.4 is 5.32 Å². The van der Waals surface area contributed by atoms with E-state index in [0.717, 1.165) is 32.1 Å². The zero-order valence-electron chi connectivity index (χ0n) is 15.9. The maximum Gasteiger partial charge on any atom is 0.291 e. The number of likely N-dealkylation sites (tertiary alicyclic amines) is 1. The number of carbonyl (C=O) groups excluding carboxylic acids is 3. The number of rotatable bonds is 4. The number of oxazole rings is 1. The Hall–Kier alpha value is -2.38. The Bertz CT molecular complexity index is 775. The van der Waals surface area contributed by atoms with Crippen molar-refractivity contribution in [3.8, 4) is 0 Å². The molecule has 8 nitrogen and oxygen atoms in total. The third-order valence-corrected chi connectivity index (χ3v) is 6.86. The van der Waals surface area contributed by atoms with Crippen LogP contribution in [0.2, 0.25) is 0 Å². The van der Waals surface area contributed by atoms with Gasteiger partial charge in [-0.05, 0) is 43.9 Å². The first-order chi connectivity index (χ1) is 13.6. The van der Waals surface area contributed by atoms with Crippen LogP contribution in [-0.2, 0) is 9.59 Å². The zero-order valence-corrected chi connectivity index (χ0v) is 15.9. The predicted octanol–water partition coefficient (Wildman–Crippen LogP) is 1.04. The van der Waals surface area contributed by atoms with Crippen molar-refractivity contribution in [3.05, 3.63) is 18.4 Å². The molecule has 0 aromatic carbocycles. The van der Waals surface area contributed by atoms with Gasteiger partial charge < -0.3 is 19.5 Å². The molecule has 0 unspecified atom stereocenters. The Balaban J connectivity index is 1.37. The lowest BCUT2D eigenvalue weighted by Gasteiger charge is -2.56. The number of hydrogen-bond acceptors (Lipinski definition) is 5. The van der Waals surface area contributed by atoms with E-state index < -0.39 is 0 Å². The minimum atomic E-state index is -0.136. The monoisotopic (exact) mass is 386 g/mol. The molecule has 150 valence electrons. The lowest BCUT2D eigenvalue weighted by Crippen LogP contribution is -2.67. The number of carbonyl (C=O) groups is 3. The molecule has 3 aliphatic heterocycles. The van der Waals surface area contributed by atoms with Crippen LogP contribution in [0.15, 0.2) is 17.0 Å². The first kappa shape index (κ1) is 17.7.